The van der Waals surface area contributed by atoms with Gasteiger partial charge in [-0.2, -0.15) is 0 Å². The van der Waals surface area contributed by atoms with Crippen molar-refractivity contribution in [3.05, 3.63) is 108 Å². The number of Topliss-reactive ketones (excluding diaryl/α,β-unsaturated/α-hetero) is 1. The van der Waals surface area contributed by atoms with Gasteiger partial charge < -0.3 is 29.3 Å². The van der Waals surface area contributed by atoms with Gasteiger partial charge in [-0.05, 0) is 92.4 Å². The lowest BCUT2D eigenvalue weighted by Crippen LogP contribution is -2.67. The Kier molecular flexibility index (Phi) is 9.32. The Morgan fingerprint density at radius 2 is 1.56 bits per heavy atom. The van der Waals surface area contributed by atoms with Gasteiger partial charge in [0.25, 0.3) is 0 Å². The first kappa shape index (κ1) is 37.5. The molecular weight excluding hydrogens is 691 g/mol. The first-order chi connectivity index (χ1) is 26.4. The summed E-state index contributed by atoms with van der Waals surface area (Å²) in [5.74, 6) is 1.33. The van der Waals surface area contributed by atoms with Crippen LogP contribution in [-0.2, 0) is 11.3 Å². The van der Waals surface area contributed by atoms with E-state index in [1.807, 2.05) is 66.7 Å². The van der Waals surface area contributed by atoms with Crippen LogP contribution in [0.2, 0.25) is 0 Å². The zero-order chi connectivity index (χ0) is 38.8. The predicted octanol–water partition coefficient (Wildman–Crippen LogP) is 8.80. The fourth-order valence-electron chi connectivity index (χ4n) is 12.2. The lowest BCUT2D eigenvalue weighted by Gasteiger charge is -2.71. The van der Waals surface area contributed by atoms with E-state index in [2.05, 4.69) is 32.1 Å². The van der Waals surface area contributed by atoms with Gasteiger partial charge in [0, 0.05) is 39.0 Å². The number of fused-ring (bicyclic) bond motifs is 1. The first-order valence-corrected chi connectivity index (χ1v) is 20.0. The highest BCUT2D eigenvalue weighted by molar-refractivity contribution is 6.14. The van der Waals surface area contributed by atoms with Gasteiger partial charge in [0.2, 0.25) is 0 Å². The molecule has 8 unspecified atom stereocenters. The second-order valence-electron chi connectivity index (χ2n) is 17.3. The van der Waals surface area contributed by atoms with E-state index < -0.39 is 34.0 Å². The summed E-state index contributed by atoms with van der Waals surface area (Å²) in [5.41, 5.74) is 1.02. The Bertz CT molecular complexity index is 2040. The topological polar surface area (TPSA) is 106 Å². The Morgan fingerprint density at radius 1 is 0.855 bits per heavy atom. The maximum atomic E-state index is 15.5. The van der Waals surface area contributed by atoms with Crippen molar-refractivity contribution in [2.45, 2.75) is 84.0 Å². The standard InChI is InChI=1S/C47H55NO7/c1-6-55-42(51)48(29-32-16-17-34(53-4)26-38(32)54-5)30-46(52)23-20-40-44(46,3)22-19-39-43(2)21-18-33(49)27-45(43)24-25-47(39,40)37(28-45)41(50)36-15-11-10-14-35(36)31-12-8-7-9-13-31/h7-17,24-26,28,33,39-40,49,52H,6,18-23,27,29-30H2,1-5H3. The Labute approximate surface area is 325 Å². The molecule has 8 heteroatoms. The van der Waals surface area contributed by atoms with E-state index >= 15 is 4.79 Å². The highest BCUT2D eigenvalue weighted by Gasteiger charge is 2.74. The summed E-state index contributed by atoms with van der Waals surface area (Å²) in [6, 6.07) is 23.5. The summed E-state index contributed by atoms with van der Waals surface area (Å²) in [6.45, 7) is 6.85. The molecule has 0 aromatic heterocycles. The number of ether oxygens (including phenoxy) is 3. The average Bonchev–Trinajstić information content (AvgIpc) is 3.47. The van der Waals surface area contributed by atoms with Crippen LogP contribution >= 0.6 is 0 Å². The Hall–Kier alpha value is -4.40. The van der Waals surface area contributed by atoms with Gasteiger partial charge in [-0.1, -0.05) is 86.7 Å². The summed E-state index contributed by atoms with van der Waals surface area (Å²) in [7, 11) is 3.19. The van der Waals surface area contributed by atoms with Crippen molar-refractivity contribution in [3.63, 3.8) is 0 Å². The van der Waals surface area contributed by atoms with Gasteiger partial charge in [-0.15, -0.1) is 0 Å². The molecule has 1 amide bonds. The van der Waals surface area contributed by atoms with E-state index in [0.717, 1.165) is 47.9 Å². The molecule has 3 fully saturated rings. The molecule has 0 radical (unpaired) electrons. The molecule has 9 rings (SSSR count). The lowest BCUT2D eigenvalue weighted by molar-refractivity contribution is -0.175. The predicted molar refractivity (Wildman–Crippen MR) is 212 cm³/mol. The number of benzene rings is 3. The van der Waals surface area contributed by atoms with E-state index in [9.17, 15) is 15.0 Å². The second kappa shape index (κ2) is 13.7. The van der Waals surface area contributed by atoms with Gasteiger partial charge >= 0.3 is 6.09 Å². The molecule has 6 aliphatic carbocycles. The SMILES string of the molecule is CCOC(=O)N(Cc1ccc(OC)cc1OC)CC1(O)CCC2C34C=CC5(C=C3C(=O)c3ccccc3-c3ccccc3)CC(O)CCC5(C)C4CCC21C. The molecule has 0 aliphatic heterocycles. The lowest BCUT2D eigenvalue weighted by atomic mass is 9.32. The molecule has 6 aliphatic rings. The Balaban J connectivity index is 1.22. The molecule has 8 atom stereocenters. The van der Waals surface area contributed by atoms with Crippen molar-refractivity contribution in [1.29, 1.82) is 0 Å². The minimum Gasteiger partial charge on any atom is -0.497 e. The fourth-order valence-corrected chi connectivity index (χ4v) is 12.2. The maximum Gasteiger partial charge on any atom is 0.410 e. The quantitative estimate of drug-likeness (QED) is 0.158. The van der Waals surface area contributed by atoms with Crippen LogP contribution in [0.1, 0.15) is 81.6 Å². The Morgan fingerprint density at radius 3 is 2.31 bits per heavy atom. The summed E-state index contributed by atoms with van der Waals surface area (Å²) in [5, 5.41) is 24.3. The first-order valence-electron chi connectivity index (χ1n) is 20.0. The third kappa shape index (κ3) is 5.53. The highest BCUT2D eigenvalue weighted by Crippen LogP contribution is 2.78. The van der Waals surface area contributed by atoms with Gasteiger partial charge in [-0.3, -0.25) is 4.79 Å². The van der Waals surface area contributed by atoms with E-state index in [1.54, 1.807) is 32.1 Å². The van der Waals surface area contributed by atoms with Crippen LogP contribution in [0.4, 0.5) is 4.79 Å². The van der Waals surface area contributed by atoms with Crippen molar-refractivity contribution in [2.75, 3.05) is 27.4 Å². The summed E-state index contributed by atoms with van der Waals surface area (Å²) < 4.78 is 16.7. The highest BCUT2D eigenvalue weighted by atomic mass is 16.6. The number of aliphatic hydroxyl groups is 2. The molecule has 8 nitrogen and oxygen atoms in total. The van der Waals surface area contributed by atoms with Gasteiger partial charge in [0.15, 0.2) is 5.78 Å². The molecule has 0 heterocycles. The van der Waals surface area contributed by atoms with Crippen LogP contribution in [-0.4, -0.2) is 66.1 Å². The van der Waals surface area contributed by atoms with Crippen LogP contribution in [0.3, 0.4) is 0 Å². The van der Waals surface area contributed by atoms with Crippen molar-refractivity contribution in [2.24, 2.45) is 33.5 Å². The number of rotatable bonds is 10. The van der Waals surface area contributed by atoms with E-state index in [0.29, 0.717) is 36.3 Å². The third-order valence-electron chi connectivity index (χ3n) is 15.0. The zero-order valence-electron chi connectivity index (χ0n) is 32.8. The maximum absolute atomic E-state index is 15.5. The number of hydrogen-bond acceptors (Lipinski definition) is 7. The van der Waals surface area contributed by atoms with E-state index in [1.165, 1.54) is 0 Å². The molecular formula is C47H55NO7. The monoisotopic (exact) mass is 745 g/mol. The summed E-state index contributed by atoms with van der Waals surface area (Å²) >= 11 is 0. The van der Waals surface area contributed by atoms with Crippen LogP contribution in [0.25, 0.3) is 11.1 Å². The van der Waals surface area contributed by atoms with E-state index in [-0.39, 0.29) is 42.7 Å². The second-order valence-corrected chi connectivity index (χ2v) is 17.3. The smallest absolute Gasteiger partial charge is 0.410 e. The van der Waals surface area contributed by atoms with Crippen molar-refractivity contribution in [1.82, 2.24) is 4.90 Å². The minimum atomic E-state index is -1.26. The molecule has 3 aromatic rings. The third-order valence-corrected chi connectivity index (χ3v) is 15.0. The van der Waals surface area contributed by atoms with E-state index in [4.69, 9.17) is 14.2 Å². The average molecular weight is 746 g/mol. The number of carbonyl (C=O) groups is 2. The number of methoxy groups -OCH3 is 2. The zero-order valence-corrected chi connectivity index (χ0v) is 32.8. The van der Waals surface area contributed by atoms with Crippen LogP contribution in [0.5, 0.6) is 11.5 Å². The number of allylic oxidation sites excluding steroid dienone is 4. The van der Waals surface area contributed by atoms with Gasteiger partial charge in [0.1, 0.15) is 11.5 Å². The number of carbonyl (C=O) groups excluding carboxylic acids is 2. The largest absolute Gasteiger partial charge is 0.497 e. The molecule has 2 bridgehead atoms. The molecule has 3 saturated carbocycles. The number of nitrogens with zero attached hydrogens (tertiary/aromatic N) is 1. The van der Waals surface area contributed by atoms with Crippen LogP contribution in [0, 0.1) is 33.5 Å². The van der Waals surface area contributed by atoms with Gasteiger partial charge in [0.05, 0.1) is 45.6 Å². The molecule has 3 aromatic carbocycles. The minimum absolute atomic E-state index is 0.0229. The van der Waals surface area contributed by atoms with Crippen molar-refractivity contribution >= 4 is 11.9 Å². The van der Waals surface area contributed by atoms with Crippen molar-refractivity contribution in [3.8, 4) is 22.6 Å². The van der Waals surface area contributed by atoms with Gasteiger partial charge in [-0.25, -0.2) is 4.79 Å². The fraction of sp³-hybridized carbons (Fsp3) is 0.489. The molecule has 2 N–H and O–H groups in total. The number of amides is 1. The molecule has 290 valence electrons. The van der Waals surface area contributed by atoms with Crippen molar-refractivity contribution < 1.29 is 34.0 Å². The summed E-state index contributed by atoms with van der Waals surface area (Å²) in [6.07, 6.45) is 11.0. The molecule has 55 heavy (non-hydrogen) atoms. The molecule has 0 saturated heterocycles. The molecule has 2 spiro atoms. The van der Waals surface area contributed by atoms with Crippen LogP contribution in [0.15, 0.2) is 96.6 Å². The number of ketones is 1. The number of hydrogen-bond donors (Lipinski definition) is 2. The normalized spacial score (nSPS) is 34.2. The summed E-state index contributed by atoms with van der Waals surface area (Å²) in [4.78, 5) is 30.8. The van der Waals surface area contributed by atoms with Crippen LogP contribution < -0.4 is 9.47 Å². The number of aliphatic hydroxyl groups excluding tert-OH is 1.